The van der Waals surface area contributed by atoms with Crippen LogP contribution in [0, 0.1) is 0 Å². The monoisotopic (exact) mass is 360 g/mol. The van der Waals surface area contributed by atoms with E-state index in [-0.39, 0.29) is 16.3 Å². The summed E-state index contributed by atoms with van der Waals surface area (Å²) in [5.41, 5.74) is 0. The number of hydrogen-bond acceptors (Lipinski definition) is 5. The maximum absolute atomic E-state index is 12.7. The van der Waals surface area contributed by atoms with E-state index in [0.717, 1.165) is 24.2 Å². The zero-order valence-electron chi connectivity index (χ0n) is 12.9. The molecule has 0 spiro atoms. The van der Waals surface area contributed by atoms with Crippen LogP contribution >= 0.6 is 11.3 Å². The van der Waals surface area contributed by atoms with Crippen LogP contribution in [0.5, 0.6) is 0 Å². The zero-order valence-corrected chi connectivity index (χ0v) is 14.5. The molecular weight excluding hydrogens is 340 g/mol. The normalized spacial score (nSPS) is 15.7. The lowest BCUT2D eigenvalue weighted by molar-refractivity contribution is -0.137. The second-order valence-corrected chi connectivity index (χ2v) is 8.17. The Kier molecular flexibility index (Phi) is 5.77. The summed E-state index contributed by atoms with van der Waals surface area (Å²) in [6.45, 7) is 2.58. The van der Waals surface area contributed by atoms with Crippen LogP contribution < -0.4 is 0 Å². The molecule has 9 heteroatoms. The first-order valence-corrected chi connectivity index (χ1v) is 9.78. The minimum absolute atomic E-state index is 0.0131. The van der Waals surface area contributed by atoms with Crippen molar-refractivity contribution in [3.8, 4) is 0 Å². The highest BCUT2D eigenvalue weighted by molar-refractivity contribution is 7.89. The summed E-state index contributed by atoms with van der Waals surface area (Å²) in [4.78, 5) is 24.8. The quantitative estimate of drug-likeness (QED) is 0.794. The summed E-state index contributed by atoms with van der Waals surface area (Å²) in [6.07, 6.45) is 2.22. The fourth-order valence-electron chi connectivity index (χ4n) is 2.55. The van der Waals surface area contributed by atoms with Gasteiger partial charge in [-0.15, -0.1) is 11.3 Å². The summed E-state index contributed by atoms with van der Waals surface area (Å²) in [6, 6.07) is 1.43. The second kappa shape index (κ2) is 7.41. The molecule has 0 radical (unpaired) electrons. The molecule has 0 unspecified atom stereocenters. The van der Waals surface area contributed by atoms with Crippen LogP contribution in [-0.2, 0) is 14.8 Å². The Balaban J connectivity index is 2.32. The summed E-state index contributed by atoms with van der Waals surface area (Å²) < 4.78 is 26.7. The topological polar surface area (TPSA) is 95.0 Å². The number of sulfonamides is 1. The van der Waals surface area contributed by atoms with Gasteiger partial charge < -0.3 is 10.0 Å². The number of carbonyl (C=O) groups is 2. The third-order valence-electron chi connectivity index (χ3n) is 3.61. The molecule has 128 valence electrons. The van der Waals surface area contributed by atoms with Gasteiger partial charge in [-0.05, 0) is 30.7 Å². The number of rotatable bonds is 7. The van der Waals surface area contributed by atoms with E-state index in [2.05, 4.69) is 0 Å². The van der Waals surface area contributed by atoms with E-state index in [0.29, 0.717) is 19.5 Å². The van der Waals surface area contributed by atoms with Gasteiger partial charge in [0.2, 0.25) is 10.0 Å². The average Bonchev–Trinajstić information content (AvgIpc) is 3.17. The standard InChI is InChI=1S/C14H20N2O5S2/c1-2-6-15(10-12(17)18)14(19)13-11(5-9-22-13)23(20,21)16-7-3-4-8-16/h5,9H,2-4,6-8,10H2,1H3,(H,17,18). The van der Waals surface area contributed by atoms with Crippen molar-refractivity contribution < 1.29 is 23.1 Å². The molecular formula is C14H20N2O5S2. The Hall–Kier alpha value is -1.45. The fourth-order valence-corrected chi connectivity index (χ4v) is 5.43. The first-order valence-electron chi connectivity index (χ1n) is 7.46. The van der Waals surface area contributed by atoms with Gasteiger partial charge in [0, 0.05) is 19.6 Å². The SMILES string of the molecule is CCCN(CC(=O)O)C(=O)c1sccc1S(=O)(=O)N1CCCC1. The van der Waals surface area contributed by atoms with E-state index >= 15 is 0 Å². The van der Waals surface area contributed by atoms with Crippen LogP contribution in [0.15, 0.2) is 16.3 Å². The van der Waals surface area contributed by atoms with Gasteiger partial charge in [0.05, 0.1) is 0 Å². The molecule has 0 saturated carbocycles. The van der Waals surface area contributed by atoms with E-state index in [1.54, 1.807) is 5.38 Å². The van der Waals surface area contributed by atoms with Gasteiger partial charge in [-0.3, -0.25) is 9.59 Å². The molecule has 1 N–H and O–H groups in total. The summed E-state index contributed by atoms with van der Waals surface area (Å²) in [5, 5.41) is 10.5. The van der Waals surface area contributed by atoms with Gasteiger partial charge in [0.15, 0.2) is 0 Å². The molecule has 1 amide bonds. The number of carboxylic acids is 1. The van der Waals surface area contributed by atoms with E-state index in [1.165, 1.54) is 15.3 Å². The van der Waals surface area contributed by atoms with Crippen molar-refractivity contribution in [2.75, 3.05) is 26.2 Å². The molecule has 0 aliphatic carbocycles. The first kappa shape index (κ1) is 17.9. The molecule has 0 atom stereocenters. The zero-order chi connectivity index (χ0) is 17.0. The van der Waals surface area contributed by atoms with Crippen molar-refractivity contribution in [3.05, 3.63) is 16.3 Å². The Morgan fingerprint density at radius 3 is 2.57 bits per heavy atom. The molecule has 0 aromatic carbocycles. The summed E-state index contributed by atoms with van der Waals surface area (Å²) in [5.74, 6) is -1.66. The van der Waals surface area contributed by atoms with Crippen molar-refractivity contribution >= 4 is 33.2 Å². The molecule has 2 heterocycles. The number of amides is 1. The predicted octanol–water partition coefficient (Wildman–Crippen LogP) is 1.47. The van der Waals surface area contributed by atoms with Crippen LogP contribution in [-0.4, -0.2) is 60.8 Å². The lowest BCUT2D eigenvalue weighted by atomic mass is 10.3. The molecule has 23 heavy (non-hydrogen) atoms. The predicted molar refractivity (Wildman–Crippen MR) is 86.1 cm³/mol. The van der Waals surface area contributed by atoms with Crippen LogP contribution in [0.25, 0.3) is 0 Å². The number of carbonyl (C=O) groups excluding carboxylic acids is 1. The smallest absolute Gasteiger partial charge is 0.323 e. The molecule has 1 saturated heterocycles. The molecule has 1 aromatic heterocycles. The van der Waals surface area contributed by atoms with Gasteiger partial charge in [0.1, 0.15) is 16.3 Å². The third kappa shape index (κ3) is 3.91. The largest absolute Gasteiger partial charge is 0.480 e. The molecule has 0 bridgehead atoms. The van der Waals surface area contributed by atoms with Crippen molar-refractivity contribution in [2.24, 2.45) is 0 Å². The van der Waals surface area contributed by atoms with Gasteiger partial charge >= 0.3 is 5.97 Å². The maximum Gasteiger partial charge on any atom is 0.323 e. The molecule has 2 rings (SSSR count). The van der Waals surface area contributed by atoms with E-state index in [1.807, 2.05) is 6.92 Å². The minimum atomic E-state index is -3.70. The molecule has 1 aliphatic rings. The third-order valence-corrected chi connectivity index (χ3v) is 6.59. The number of aliphatic carboxylic acids is 1. The Morgan fingerprint density at radius 1 is 1.35 bits per heavy atom. The Bertz CT molecular complexity index is 677. The second-order valence-electron chi connectivity index (χ2n) is 5.35. The van der Waals surface area contributed by atoms with Crippen LogP contribution in [0.2, 0.25) is 0 Å². The van der Waals surface area contributed by atoms with Crippen molar-refractivity contribution in [1.82, 2.24) is 9.21 Å². The van der Waals surface area contributed by atoms with Gasteiger partial charge in [-0.2, -0.15) is 4.31 Å². The number of nitrogens with zero attached hydrogens (tertiary/aromatic N) is 2. The Morgan fingerprint density at radius 2 is 2.00 bits per heavy atom. The van der Waals surface area contributed by atoms with E-state index in [9.17, 15) is 18.0 Å². The minimum Gasteiger partial charge on any atom is -0.480 e. The highest BCUT2D eigenvalue weighted by atomic mass is 32.2. The van der Waals surface area contributed by atoms with Crippen LogP contribution in [0.1, 0.15) is 35.9 Å². The average molecular weight is 360 g/mol. The highest BCUT2D eigenvalue weighted by Crippen LogP contribution is 2.28. The van der Waals surface area contributed by atoms with E-state index < -0.39 is 28.4 Å². The van der Waals surface area contributed by atoms with Gasteiger partial charge in [-0.25, -0.2) is 8.42 Å². The number of hydrogen-bond donors (Lipinski definition) is 1. The van der Waals surface area contributed by atoms with Gasteiger partial charge in [-0.1, -0.05) is 6.92 Å². The Labute approximate surface area is 139 Å². The highest BCUT2D eigenvalue weighted by Gasteiger charge is 2.33. The molecule has 1 aliphatic heterocycles. The summed E-state index contributed by atoms with van der Waals surface area (Å²) >= 11 is 1.03. The first-order chi connectivity index (χ1) is 10.9. The van der Waals surface area contributed by atoms with Crippen LogP contribution in [0.4, 0.5) is 0 Å². The number of thiophene rings is 1. The summed E-state index contributed by atoms with van der Waals surface area (Å²) in [7, 11) is -3.70. The fraction of sp³-hybridized carbons (Fsp3) is 0.571. The van der Waals surface area contributed by atoms with Crippen molar-refractivity contribution in [2.45, 2.75) is 31.1 Å². The maximum atomic E-state index is 12.7. The van der Waals surface area contributed by atoms with E-state index in [4.69, 9.17) is 5.11 Å². The lowest BCUT2D eigenvalue weighted by Gasteiger charge is -2.21. The van der Waals surface area contributed by atoms with Crippen molar-refractivity contribution in [3.63, 3.8) is 0 Å². The number of carboxylic acid groups (broad SMARTS) is 1. The van der Waals surface area contributed by atoms with Crippen molar-refractivity contribution in [1.29, 1.82) is 0 Å². The molecule has 7 nitrogen and oxygen atoms in total. The van der Waals surface area contributed by atoms with Crippen LogP contribution in [0.3, 0.4) is 0 Å². The molecule has 1 fully saturated rings. The lowest BCUT2D eigenvalue weighted by Crippen LogP contribution is -2.37. The molecule has 1 aromatic rings. The van der Waals surface area contributed by atoms with Gasteiger partial charge in [0.25, 0.3) is 5.91 Å².